The predicted molar refractivity (Wildman–Crippen MR) is 94.7 cm³/mol. The molecule has 0 atom stereocenters. The average Bonchev–Trinajstić information content (AvgIpc) is 2.86. The molecule has 0 aromatic heterocycles. The van der Waals surface area contributed by atoms with Crippen LogP contribution < -0.4 is 9.03 Å². The fourth-order valence-electron chi connectivity index (χ4n) is 2.85. The first-order valence-electron chi connectivity index (χ1n) is 7.56. The molecule has 2 aromatic rings. The van der Waals surface area contributed by atoms with Crippen molar-refractivity contribution in [2.75, 3.05) is 23.7 Å². The van der Waals surface area contributed by atoms with E-state index >= 15 is 0 Å². The minimum atomic E-state index is -3.62. The minimum absolute atomic E-state index is 0.165. The summed E-state index contributed by atoms with van der Waals surface area (Å²) < 4.78 is 51.0. The Kier molecular flexibility index (Phi) is 4.48. The summed E-state index contributed by atoms with van der Waals surface area (Å²) in [5.41, 5.74) is 1.50. The molecule has 0 radical (unpaired) electrons. The standard InChI is InChI=1S/C16H18N2O5S2/c1-24(20,21)16-5-3-2-4-13(16)10-12-6-7-14(15(19)11-12)18-9-8-17-25(18,22)23/h2-7,11,17,19H,8-10H2,1H3. The molecule has 1 saturated heterocycles. The lowest BCUT2D eigenvalue weighted by molar-refractivity contribution is 0.475. The number of sulfone groups is 1. The molecule has 0 amide bonds. The number of nitrogens with zero attached hydrogens (tertiary/aromatic N) is 1. The van der Waals surface area contributed by atoms with Crippen LogP contribution in [-0.2, 0) is 26.5 Å². The van der Waals surface area contributed by atoms with Crippen molar-refractivity contribution in [3.05, 3.63) is 53.6 Å². The van der Waals surface area contributed by atoms with Crippen molar-refractivity contribution in [1.29, 1.82) is 0 Å². The summed E-state index contributed by atoms with van der Waals surface area (Å²) in [7, 11) is -6.98. The van der Waals surface area contributed by atoms with Crippen molar-refractivity contribution >= 4 is 25.7 Å². The fraction of sp³-hybridized carbons (Fsp3) is 0.250. The largest absolute Gasteiger partial charge is 0.506 e. The zero-order valence-corrected chi connectivity index (χ0v) is 15.1. The van der Waals surface area contributed by atoms with Gasteiger partial charge in [0.05, 0.1) is 10.6 Å². The van der Waals surface area contributed by atoms with Crippen molar-refractivity contribution in [3.63, 3.8) is 0 Å². The van der Waals surface area contributed by atoms with Crippen LogP contribution in [0, 0.1) is 0 Å². The van der Waals surface area contributed by atoms with Crippen molar-refractivity contribution in [2.24, 2.45) is 0 Å². The van der Waals surface area contributed by atoms with Gasteiger partial charge in [0, 0.05) is 19.3 Å². The Labute approximate surface area is 147 Å². The van der Waals surface area contributed by atoms with Crippen LogP contribution in [0.1, 0.15) is 11.1 Å². The Morgan fingerprint density at radius 1 is 1.20 bits per heavy atom. The second-order valence-corrected chi connectivity index (χ2v) is 9.51. The van der Waals surface area contributed by atoms with E-state index in [-0.39, 0.29) is 29.4 Å². The van der Waals surface area contributed by atoms with Gasteiger partial charge in [0.15, 0.2) is 9.84 Å². The molecule has 0 unspecified atom stereocenters. The van der Waals surface area contributed by atoms with E-state index in [9.17, 15) is 21.9 Å². The lowest BCUT2D eigenvalue weighted by atomic mass is 10.0. The maximum atomic E-state index is 11.9. The van der Waals surface area contributed by atoms with Crippen molar-refractivity contribution in [1.82, 2.24) is 4.72 Å². The van der Waals surface area contributed by atoms with Crippen LogP contribution >= 0.6 is 0 Å². The molecule has 25 heavy (non-hydrogen) atoms. The van der Waals surface area contributed by atoms with Gasteiger partial charge in [-0.05, 0) is 35.7 Å². The van der Waals surface area contributed by atoms with E-state index in [1.165, 1.54) is 12.1 Å². The molecule has 2 aromatic carbocycles. The Morgan fingerprint density at radius 3 is 2.52 bits per heavy atom. The smallest absolute Gasteiger partial charge is 0.301 e. The van der Waals surface area contributed by atoms with Gasteiger partial charge in [0.2, 0.25) is 0 Å². The molecule has 3 rings (SSSR count). The SMILES string of the molecule is CS(=O)(=O)c1ccccc1Cc1ccc(N2CCNS2(=O)=O)c(O)c1. The third-order valence-corrected chi connectivity index (χ3v) is 6.69. The van der Waals surface area contributed by atoms with E-state index in [4.69, 9.17) is 0 Å². The monoisotopic (exact) mass is 382 g/mol. The Morgan fingerprint density at radius 2 is 1.92 bits per heavy atom. The number of phenolic OH excluding ortho intramolecular Hbond substituents is 1. The van der Waals surface area contributed by atoms with E-state index in [1.54, 1.807) is 30.3 Å². The molecular weight excluding hydrogens is 364 g/mol. The van der Waals surface area contributed by atoms with Gasteiger partial charge < -0.3 is 5.11 Å². The molecule has 0 aliphatic carbocycles. The van der Waals surface area contributed by atoms with E-state index in [1.807, 2.05) is 0 Å². The molecule has 1 aliphatic heterocycles. The van der Waals surface area contributed by atoms with Crippen LogP contribution in [0.2, 0.25) is 0 Å². The molecule has 1 aliphatic rings. The number of hydrogen-bond donors (Lipinski definition) is 2. The number of nitrogens with one attached hydrogen (secondary N) is 1. The molecule has 0 bridgehead atoms. The maximum absolute atomic E-state index is 11.9. The highest BCUT2D eigenvalue weighted by atomic mass is 32.2. The van der Waals surface area contributed by atoms with Crippen molar-refractivity contribution < 1.29 is 21.9 Å². The van der Waals surface area contributed by atoms with Crippen LogP contribution in [-0.4, -0.2) is 41.3 Å². The quantitative estimate of drug-likeness (QED) is 0.822. The van der Waals surface area contributed by atoms with Gasteiger partial charge in [-0.3, -0.25) is 4.31 Å². The second-order valence-electron chi connectivity index (χ2n) is 5.85. The maximum Gasteiger partial charge on any atom is 0.301 e. The summed E-state index contributed by atoms with van der Waals surface area (Å²) in [4.78, 5) is 0.241. The Hall–Kier alpha value is -2.10. The third-order valence-electron chi connectivity index (χ3n) is 3.96. The highest BCUT2D eigenvalue weighted by Gasteiger charge is 2.29. The van der Waals surface area contributed by atoms with Crippen LogP contribution in [0.3, 0.4) is 0 Å². The minimum Gasteiger partial charge on any atom is -0.506 e. The first kappa shape index (κ1) is 17.7. The van der Waals surface area contributed by atoms with Crippen LogP contribution in [0.15, 0.2) is 47.4 Å². The zero-order chi connectivity index (χ0) is 18.2. The normalized spacial score (nSPS) is 16.9. The molecule has 134 valence electrons. The van der Waals surface area contributed by atoms with E-state index in [2.05, 4.69) is 4.72 Å². The van der Waals surface area contributed by atoms with Gasteiger partial charge in [-0.1, -0.05) is 24.3 Å². The van der Waals surface area contributed by atoms with Gasteiger partial charge in [0.25, 0.3) is 0 Å². The number of anilines is 1. The van der Waals surface area contributed by atoms with E-state index in [0.717, 1.165) is 10.6 Å². The summed E-state index contributed by atoms with van der Waals surface area (Å²) in [6.07, 6.45) is 1.46. The van der Waals surface area contributed by atoms with Crippen LogP contribution in [0.25, 0.3) is 0 Å². The van der Waals surface area contributed by atoms with Crippen molar-refractivity contribution in [3.8, 4) is 5.75 Å². The highest BCUT2D eigenvalue weighted by molar-refractivity contribution is 7.91. The summed E-state index contributed by atoms with van der Waals surface area (Å²) in [5, 5.41) is 10.2. The number of hydrogen-bond acceptors (Lipinski definition) is 5. The van der Waals surface area contributed by atoms with E-state index in [0.29, 0.717) is 17.5 Å². The van der Waals surface area contributed by atoms with Gasteiger partial charge in [0.1, 0.15) is 5.75 Å². The lowest BCUT2D eigenvalue weighted by Crippen LogP contribution is -2.29. The molecule has 9 heteroatoms. The molecule has 1 fully saturated rings. The van der Waals surface area contributed by atoms with Crippen LogP contribution in [0.5, 0.6) is 5.75 Å². The number of phenols is 1. The average molecular weight is 382 g/mol. The van der Waals surface area contributed by atoms with Crippen LogP contribution in [0.4, 0.5) is 5.69 Å². The second kappa shape index (κ2) is 6.32. The topological polar surface area (TPSA) is 104 Å². The third kappa shape index (κ3) is 3.63. The first-order chi connectivity index (χ1) is 11.7. The molecule has 1 heterocycles. The summed E-state index contributed by atoms with van der Waals surface area (Å²) >= 11 is 0. The fourth-order valence-corrected chi connectivity index (χ4v) is 5.04. The Balaban J connectivity index is 1.93. The zero-order valence-electron chi connectivity index (χ0n) is 13.5. The van der Waals surface area contributed by atoms with Gasteiger partial charge in [-0.25, -0.2) is 8.42 Å². The Bertz CT molecular complexity index is 1020. The molecule has 0 saturated carbocycles. The summed E-state index contributed by atoms with van der Waals surface area (Å²) in [5.74, 6) is -0.165. The van der Waals surface area contributed by atoms with Crippen molar-refractivity contribution in [2.45, 2.75) is 11.3 Å². The number of aromatic hydroxyl groups is 1. The number of benzene rings is 2. The summed E-state index contributed by atoms with van der Waals surface area (Å²) in [6, 6.07) is 11.3. The van der Waals surface area contributed by atoms with Gasteiger partial charge in [-0.15, -0.1) is 0 Å². The first-order valence-corrected chi connectivity index (χ1v) is 10.9. The van der Waals surface area contributed by atoms with Gasteiger partial charge >= 0.3 is 10.2 Å². The van der Waals surface area contributed by atoms with E-state index < -0.39 is 20.0 Å². The lowest BCUT2D eigenvalue weighted by Gasteiger charge is -2.18. The number of rotatable bonds is 4. The molecule has 7 nitrogen and oxygen atoms in total. The molecule has 2 N–H and O–H groups in total. The molecule has 0 spiro atoms. The predicted octanol–water partition coefficient (Wildman–Crippen LogP) is 1.04. The highest BCUT2D eigenvalue weighted by Crippen LogP contribution is 2.32. The molecular formula is C16H18N2O5S2. The van der Waals surface area contributed by atoms with Gasteiger partial charge in [-0.2, -0.15) is 13.1 Å². The summed E-state index contributed by atoms with van der Waals surface area (Å²) in [6.45, 7) is 0.525.